The van der Waals surface area contributed by atoms with Gasteiger partial charge in [0.2, 0.25) is 0 Å². The van der Waals surface area contributed by atoms with E-state index in [4.69, 9.17) is 0 Å². The first kappa shape index (κ1) is 13.5. The summed E-state index contributed by atoms with van der Waals surface area (Å²) < 4.78 is 0. The van der Waals surface area contributed by atoms with Gasteiger partial charge in [-0.1, -0.05) is 24.6 Å². The minimum atomic E-state index is 0.202. The molecule has 0 bridgehead atoms. The zero-order valence-electron chi connectivity index (χ0n) is 11.4. The van der Waals surface area contributed by atoms with Crippen molar-refractivity contribution < 1.29 is 0 Å². The molecule has 1 aromatic heterocycles. The lowest BCUT2D eigenvalue weighted by Crippen LogP contribution is -2.31. The van der Waals surface area contributed by atoms with Crippen molar-refractivity contribution in [2.45, 2.75) is 50.2 Å². The quantitative estimate of drug-likeness (QED) is 0.632. The summed E-state index contributed by atoms with van der Waals surface area (Å²) in [6.45, 7) is 5.24. The summed E-state index contributed by atoms with van der Waals surface area (Å²) in [6.07, 6.45) is 7.07. The molecule has 1 aliphatic rings. The zero-order chi connectivity index (χ0) is 13.0. The zero-order valence-corrected chi connectivity index (χ0v) is 12.2. The molecule has 1 aromatic rings. The number of hydrogen-bond acceptors (Lipinski definition) is 5. The fourth-order valence-electron chi connectivity index (χ4n) is 2.44. The smallest absolute Gasteiger partial charge is 0.191 e. The molecule has 1 heterocycles. The maximum Gasteiger partial charge on any atom is 0.191 e. The fraction of sp³-hybridized carbons (Fsp3) is 0.692. The molecule has 2 rings (SSSR count). The predicted molar refractivity (Wildman–Crippen MR) is 78.5 cm³/mol. The van der Waals surface area contributed by atoms with E-state index in [0.717, 1.165) is 23.3 Å². The van der Waals surface area contributed by atoms with Crippen molar-refractivity contribution in [2.24, 2.45) is 0 Å². The van der Waals surface area contributed by atoms with E-state index < -0.39 is 0 Å². The highest BCUT2D eigenvalue weighted by Gasteiger charge is 2.28. The summed E-state index contributed by atoms with van der Waals surface area (Å²) in [6, 6.07) is 2.01. The number of thioether (sulfide) groups is 1. The van der Waals surface area contributed by atoms with Gasteiger partial charge < -0.3 is 10.6 Å². The number of hydrogen-bond donors (Lipinski definition) is 2. The minimum absolute atomic E-state index is 0.202. The van der Waals surface area contributed by atoms with Gasteiger partial charge in [-0.3, -0.25) is 0 Å². The molecule has 2 N–H and O–H groups in total. The normalized spacial score (nSPS) is 17.7. The number of nitrogens with zero attached hydrogens (tertiary/aromatic N) is 2. The highest BCUT2D eigenvalue weighted by Crippen LogP contribution is 2.32. The predicted octanol–water partition coefficient (Wildman–Crippen LogP) is 3.37. The molecule has 100 valence electrons. The van der Waals surface area contributed by atoms with Crippen LogP contribution in [0, 0.1) is 0 Å². The van der Waals surface area contributed by atoms with Crippen LogP contribution in [-0.2, 0) is 0 Å². The van der Waals surface area contributed by atoms with Crippen molar-refractivity contribution in [1.82, 2.24) is 9.97 Å². The molecule has 0 radical (unpaired) electrons. The van der Waals surface area contributed by atoms with Crippen LogP contribution in [0.25, 0.3) is 0 Å². The van der Waals surface area contributed by atoms with Gasteiger partial charge in [0, 0.05) is 18.2 Å². The average molecular weight is 266 g/mol. The molecular formula is C13H22N4S. The van der Waals surface area contributed by atoms with Gasteiger partial charge in [0.25, 0.3) is 0 Å². The van der Waals surface area contributed by atoms with Gasteiger partial charge in [0.15, 0.2) is 5.16 Å². The minimum Gasteiger partial charge on any atom is -0.370 e. The molecule has 1 fully saturated rings. The van der Waals surface area contributed by atoms with E-state index in [0.29, 0.717) is 0 Å². The highest BCUT2D eigenvalue weighted by atomic mass is 32.2. The Kier molecular flexibility index (Phi) is 4.32. The summed E-state index contributed by atoms with van der Waals surface area (Å²) in [5.41, 5.74) is 0.202. The van der Waals surface area contributed by atoms with E-state index >= 15 is 0 Å². The summed E-state index contributed by atoms with van der Waals surface area (Å²) >= 11 is 1.58. The molecular weight excluding hydrogens is 244 g/mol. The Morgan fingerprint density at radius 2 is 1.94 bits per heavy atom. The van der Waals surface area contributed by atoms with Crippen LogP contribution >= 0.6 is 11.8 Å². The lowest BCUT2D eigenvalue weighted by Gasteiger charge is -2.26. The topological polar surface area (TPSA) is 49.8 Å². The van der Waals surface area contributed by atoms with E-state index in [1.54, 1.807) is 11.8 Å². The van der Waals surface area contributed by atoms with Crippen LogP contribution in [0.5, 0.6) is 0 Å². The SMILES string of the molecule is CCNc1cc(NC2(C)CCCC2)nc(SC)n1. The van der Waals surface area contributed by atoms with Crippen molar-refractivity contribution >= 4 is 23.4 Å². The second kappa shape index (κ2) is 5.78. The molecule has 4 nitrogen and oxygen atoms in total. The van der Waals surface area contributed by atoms with E-state index in [1.165, 1.54) is 25.7 Å². The number of rotatable bonds is 5. The maximum atomic E-state index is 4.54. The molecule has 18 heavy (non-hydrogen) atoms. The van der Waals surface area contributed by atoms with Crippen molar-refractivity contribution in [1.29, 1.82) is 0 Å². The van der Waals surface area contributed by atoms with Gasteiger partial charge in [-0.2, -0.15) is 0 Å². The largest absolute Gasteiger partial charge is 0.370 e. The third-order valence-electron chi connectivity index (χ3n) is 3.38. The van der Waals surface area contributed by atoms with Crippen molar-refractivity contribution in [3.63, 3.8) is 0 Å². The van der Waals surface area contributed by atoms with Gasteiger partial charge in [-0.15, -0.1) is 0 Å². The lowest BCUT2D eigenvalue weighted by molar-refractivity contribution is 0.530. The Balaban J connectivity index is 2.17. The third-order valence-corrected chi connectivity index (χ3v) is 3.93. The number of nitrogens with one attached hydrogen (secondary N) is 2. The van der Waals surface area contributed by atoms with Gasteiger partial charge >= 0.3 is 0 Å². The molecule has 0 amide bonds. The lowest BCUT2D eigenvalue weighted by atomic mass is 10.0. The van der Waals surface area contributed by atoms with E-state index in [9.17, 15) is 0 Å². The summed E-state index contributed by atoms with van der Waals surface area (Å²) in [5, 5.41) is 7.66. The van der Waals surface area contributed by atoms with Crippen LogP contribution in [0.15, 0.2) is 11.2 Å². The van der Waals surface area contributed by atoms with Crippen LogP contribution in [0.2, 0.25) is 0 Å². The average Bonchev–Trinajstić information content (AvgIpc) is 2.75. The monoisotopic (exact) mass is 266 g/mol. The van der Waals surface area contributed by atoms with Crippen LogP contribution in [0.3, 0.4) is 0 Å². The first-order valence-electron chi connectivity index (χ1n) is 6.60. The Hall–Kier alpha value is -0.970. The Morgan fingerprint density at radius 3 is 2.56 bits per heavy atom. The van der Waals surface area contributed by atoms with Gasteiger partial charge in [0.05, 0.1) is 0 Å². The molecule has 0 spiro atoms. The molecule has 0 aromatic carbocycles. The van der Waals surface area contributed by atoms with E-state index in [-0.39, 0.29) is 5.54 Å². The second-order valence-corrected chi connectivity index (χ2v) is 5.82. The van der Waals surface area contributed by atoms with E-state index in [1.807, 2.05) is 12.3 Å². The molecule has 0 saturated heterocycles. The van der Waals surface area contributed by atoms with Crippen LogP contribution in [0.1, 0.15) is 39.5 Å². The molecule has 1 aliphatic carbocycles. The molecule has 0 unspecified atom stereocenters. The van der Waals surface area contributed by atoms with Gasteiger partial charge in [-0.05, 0) is 32.9 Å². The molecule has 1 saturated carbocycles. The van der Waals surface area contributed by atoms with E-state index in [2.05, 4.69) is 34.4 Å². The fourth-order valence-corrected chi connectivity index (χ4v) is 2.82. The van der Waals surface area contributed by atoms with Gasteiger partial charge in [-0.25, -0.2) is 9.97 Å². The molecule has 0 aliphatic heterocycles. The number of anilines is 2. The second-order valence-electron chi connectivity index (χ2n) is 5.05. The number of aromatic nitrogens is 2. The highest BCUT2D eigenvalue weighted by molar-refractivity contribution is 7.98. The van der Waals surface area contributed by atoms with Crippen LogP contribution in [0.4, 0.5) is 11.6 Å². The Morgan fingerprint density at radius 1 is 1.28 bits per heavy atom. The summed E-state index contributed by atoms with van der Waals surface area (Å²) in [7, 11) is 0. The first-order valence-corrected chi connectivity index (χ1v) is 7.83. The first-order chi connectivity index (χ1) is 8.65. The Bertz CT molecular complexity index is 402. The van der Waals surface area contributed by atoms with Crippen LogP contribution < -0.4 is 10.6 Å². The Labute approximate surface area is 113 Å². The van der Waals surface area contributed by atoms with Crippen molar-refractivity contribution in [2.75, 3.05) is 23.4 Å². The third kappa shape index (κ3) is 3.28. The standard InChI is InChI=1S/C13H22N4S/c1-4-14-10-9-11(16-12(15-10)18-3)17-13(2)7-5-6-8-13/h9H,4-8H2,1-3H3,(H2,14,15,16,17). The maximum absolute atomic E-state index is 4.54. The van der Waals surface area contributed by atoms with Crippen molar-refractivity contribution in [3.05, 3.63) is 6.07 Å². The van der Waals surface area contributed by atoms with Crippen LogP contribution in [-0.4, -0.2) is 28.3 Å². The van der Waals surface area contributed by atoms with Gasteiger partial charge in [0.1, 0.15) is 11.6 Å². The molecule has 5 heteroatoms. The summed E-state index contributed by atoms with van der Waals surface area (Å²) in [5.74, 6) is 1.84. The molecule has 0 atom stereocenters. The van der Waals surface area contributed by atoms with Crippen molar-refractivity contribution in [3.8, 4) is 0 Å². The summed E-state index contributed by atoms with van der Waals surface area (Å²) in [4.78, 5) is 8.98.